The molecule has 0 atom stereocenters. The van der Waals surface area contributed by atoms with Crippen LogP contribution in [0.5, 0.6) is 0 Å². The van der Waals surface area contributed by atoms with E-state index in [-0.39, 0.29) is 17.9 Å². The van der Waals surface area contributed by atoms with Crippen LogP contribution in [0.25, 0.3) is 10.2 Å². The van der Waals surface area contributed by atoms with Gasteiger partial charge in [-0.05, 0) is 18.5 Å². The molecule has 3 rings (SSSR count). The zero-order valence-electron chi connectivity index (χ0n) is 13.4. The summed E-state index contributed by atoms with van der Waals surface area (Å²) >= 11 is 7.43. The maximum atomic E-state index is 12.2. The Bertz CT molecular complexity index is 731. The van der Waals surface area contributed by atoms with Crippen molar-refractivity contribution in [2.75, 3.05) is 50.8 Å². The second kappa shape index (κ2) is 7.60. The second-order valence-electron chi connectivity index (χ2n) is 5.42. The van der Waals surface area contributed by atoms with Crippen molar-refractivity contribution >= 4 is 44.9 Å². The molecule has 1 aliphatic heterocycles. The highest BCUT2D eigenvalue weighted by Gasteiger charge is 2.25. The molecule has 0 radical (unpaired) electrons. The number of anilines is 1. The third-order valence-electron chi connectivity index (χ3n) is 3.97. The lowest BCUT2D eigenvalue weighted by atomic mass is 10.2. The van der Waals surface area contributed by atoms with E-state index in [1.807, 2.05) is 0 Å². The summed E-state index contributed by atoms with van der Waals surface area (Å²) < 4.78 is 5.14. The summed E-state index contributed by atoms with van der Waals surface area (Å²) in [5, 5.41) is 11.7. The van der Waals surface area contributed by atoms with Crippen LogP contribution in [0.4, 0.5) is 5.82 Å². The van der Waals surface area contributed by atoms with E-state index in [2.05, 4.69) is 19.8 Å². The number of carbonyl (C=O) groups is 1. The Morgan fingerprint density at radius 1 is 1.38 bits per heavy atom. The first kappa shape index (κ1) is 17.3. The van der Waals surface area contributed by atoms with Gasteiger partial charge in [-0.15, -0.1) is 11.3 Å². The zero-order valence-corrected chi connectivity index (χ0v) is 14.9. The normalized spacial score (nSPS) is 15.9. The fourth-order valence-electron chi connectivity index (χ4n) is 2.81. The number of aromatic nitrogens is 2. The molecule has 0 aromatic carbocycles. The van der Waals surface area contributed by atoms with E-state index in [0.29, 0.717) is 34.7 Å². The number of piperazine rings is 1. The van der Waals surface area contributed by atoms with E-state index in [1.165, 1.54) is 11.3 Å². The van der Waals surface area contributed by atoms with Gasteiger partial charge >= 0.3 is 5.97 Å². The predicted molar refractivity (Wildman–Crippen MR) is 94.1 cm³/mol. The molecule has 3 heterocycles. The number of β-amino-alcohol motifs (C(OH)–C–C–N with tert-alkyl or cyclic N) is 1. The van der Waals surface area contributed by atoms with Gasteiger partial charge in [-0.25, -0.2) is 9.78 Å². The van der Waals surface area contributed by atoms with Gasteiger partial charge in [-0.1, -0.05) is 0 Å². The first-order chi connectivity index (χ1) is 11.6. The fourth-order valence-corrected chi connectivity index (χ4v) is 3.93. The van der Waals surface area contributed by atoms with Crippen molar-refractivity contribution in [3.63, 3.8) is 0 Å². The van der Waals surface area contributed by atoms with E-state index >= 15 is 0 Å². The first-order valence-electron chi connectivity index (χ1n) is 7.84. The summed E-state index contributed by atoms with van der Waals surface area (Å²) in [5.41, 5.74) is 0.487. The van der Waals surface area contributed by atoms with Crippen molar-refractivity contribution in [2.45, 2.75) is 6.92 Å². The van der Waals surface area contributed by atoms with E-state index in [0.717, 1.165) is 26.2 Å². The van der Waals surface area contributed by atoms with Crippen molar-refractivity contribution in [1.29, 1.82) is 0 Å². The molecule has 1 saturated heterocycles. The van der Waals surface area contributed by atoms with Crippen LogP contribution in [0.1, 0.15) is 17.3 Å². The monoisotopic (exact) mass is 370 g/mol. The number of ether oxygens (including phenoxy) is 1. The summed E-state index contributed by atoms with van der Waals surface area (Å²) in [5.74, 6) is 0.313. The number of hydrogen-bond acceptors (Lipinski definition) is 8. The van der Waals surface area contributed by atoms with Crippen LogP contribution < -0.4 is 4.90 Å². The lowest BCUT2D eigenvalue weighted by Gasteiger charge is -2.35. The zero-order chi connectivity index (χ0) is 17.1. The van der Waals surface area contributed by atoms with Crippen LogP contribution in [0, 0.1) is 0 Å². The van der Waals surface area contributed by atoms with Crippen molar-refractivity contribution in [3.05, 3.63) is 16.2 Å². The lowest BCUT2D eigenvalue weighted by molar-refractivity contribution is 0.0529. The standard InChI is InChI=1S/C15H19ClN4O3S/c1-2-23-14(22)10-9-24-13-11(10)12(17-15(16)18-13)20-5-3-19(4-6-20)7-8-21/h9,21H,2-8H2,1H3. The third-order valence-corrected chi connectivity index (χ3v) is 5.01. The minimum absolute atomic E-state index is 0.154. The molecule has 24 heavy (non-hydrogen) atoms. The number of aliphatic hydroxyl groups is 1. The molecule has 0 amide bonds. The maximum Gasteiger partial charge on any atom is 0.339 e. The smallest absolute Gasteiger partial charge is 0.339 e. The average molecular weight is 371 g/mol. The Labute approximate surface area is 148 Å². The Hall–Kier alpha value is -1.48. The molecule has 9 heteroatoms. The lowest BCUT2D eigenvalue weighted by Crippen LogP contribution is -2.47. The maximum absolute atomic E-state index is 12.2. The minimum atomic E-state index is -0.366. The molecule has 0 saturated carbocycles. The molecule has 1 fully saturated rings. The van der Waals surface area contributed by atoms with Gasteiger partial charge in [0, 0.05) is 38.1 Å². The van der Waals surface area contributed by atoms with E-state index in [4.69, 9.17) is 21.4 Å². The number of fused-ring (bicyclic) bond motifs is 1. The van der Waals surface area contributed by atoms with Gasteiger partial charge in [-0.3, -0.25) is 4.90 Å². The molecule has 1 aliphatic rings. The van der Waals surface area contributed by atoms with E-state index in [9.17, 15) is 4.79 Å². The highest BCUT2D eigenvalue weighted by molar-refractivity contribution is 7.17. The second-order valence-corrected chi connectivity index (χ2v) is 6.61. The quantitative estimate of drug-likeness (QED) is 0.633. The van der Waals surface area contributed by atoms with Crippen molar-refractivity contribution in [1.82, 2.24) is 14.9 Å². The molecule has 1 N–H and O–H groups in total. The van der Waals surface area contributed by atoms with Gasteiger partial charge < -0.3 is 14.7 Å². The molecule has 0 bridgehead atoms. The SMILES string of the molecule is CCOC(=O)c1csc2nc(Cl)nc(N3CCN(CCO)CC3)c12. The summed E-state index contributed by atoms with van der Waals surface area (Å²) in [6.07, 6.45) is 0. The number of rotatable bonds is 5. The van der Waals surface area contributed by atoms with Crippen LogP contribution in [0.3, 0.4) is 0 Å². The molecule has 0 aliphatic carbocycles. The van der Waals surface area contributed by atoms with Crippen LogP contribution in [-0.2, 0) is 4.74 Å². The van der Waals surface area contributed by atoms with E-state index in [1.54, 1.807) is 12.3 Å². The molecule has 130 valence electrons. The topological polar surface area (TPSA) is 78.8 Å². The fraction of sp³-hybridized carbons (Fsp3) is 0.533. The third kappa shape index (κ3) is 3.46. The largest absolute Gasteiger partial charge is 0.462 e. The Morgan fingerprint density at radius 3 is 2.79 bits per heavy atom. The molecule has 2 aromatic rings. The molecule has 0 spiro atoms. The number of thiophene rings is 1. The predicted octanol–water partition coefficient (Wildman–Crippen LogP) is 1.64. The molecule has 7 nitrogen and oxygen atoms in total. The van der Waals surface area contributed by atoms with Gasteiger partial charge in [0.25, 0.3) is 0 Å². The summed E-state index contributed by atoms with van der Waals surface area (Å²) in [7, 11) is 0. The summed E-state index contributed by atoms with van der Waals surface area (Å²) in [6, 6.07) is 0. The van der Waals surface area contributed by atoms with E-state index < -0.39 is 0 Å². The molecule has 2 aromatic heterocycles. The summed E-state index contributed by atoms with van der Waals surface area (Å²) in [6.45, 7) is 6.06. The average Bonchev–Trinajstić information content (AvgIpc) is 2.99. The molecular weight excluding hydrogens is 352 g/mol. The number of esters is 1. The van der Waals surface area contributed by atoms with Crippen LogP contribution >= 0.6 is 22.9 Å². The van der Waals surface area contributed by atoms with Crippen molar-refractivity contribution < 1.29 is 14.6 Å². The number of aliphatic hydroxyl groups excluding tert-OH is 1. The van der Waals surface area contributed by atoms with Gasteiger partial charge in [0.1, 0.15) is 10.6 Å². The number of halogens is 1. The number of carbonyl (C=O) groups excluding carboxylic acids is 1. The highest BCUT2D eigenvalue weighted by atomic mass is 35.5. The van der Waals surface area contributed by atoms with Gasteiger partial charge in [0.2, 0.25) is 5.28 Å². The van der Waals surface area contributed by atoms with Gasteiger partial charge in [0.05, 0.1) is 24.2 Å². The minimum Gasteiger partial charge on any atom is -0.462 e. The van der Waals surface area contributed by atoms with Crippen LogP contribution in [-0.4, -0.2) is 71.9 Å². The highest BCUT2D eigenvalue weighted by Crippen LogP contribution is 2.34. The van der Waals surface area contributed by atoms with Crippen LogP contribution in [0.15, 0.2) is 5.38 Å². The van der Waals surface area contributed by atoms with Crippen LogP contribution in [0.2, 0.25) is 5.28 Å². The van der Waals surface area contributed by atoms with Crippen molar-refractivity contribution in [2.24, 2.45) is 0 Å². The Balaban J connectivity index is 1.95. The number of nitrogens with zero attached hydrogens (tertiary/aromatic N) is 4. The Morgan fingerprint density at radius 2 is 2.12 bits per heavy atom. The van der Waals surface area contributed by atoms with Gasteiger partial charge in [-0.2, -0.15) is 4.98 Å². The first-order valence-corrected chi connectivity index (χ1v) is 9.09. The van der Waals surface area contributed by atoms with Crippen molar-refractivity contribution in [3.8, 4) is 0 Å². The Kier molecular flexibility index (Phi) is 5.50. The molecule has 0 unspecified atom stereocenters. The number of hydrogen-bond donors (Lipinski definition) is 1. The molecular formula is C15H19ClN4O3S. The summed E-state index contributed by atoms with van der Waals surface area (Å²) in [4.78, 5) is 25.8. The van der Waals surface area contributed by atoms with Gasteiger partial charge in [0.15, 0.2) is 0 Å².